The molecule has 1 aromatic heterocycles. The van der Waals surface area contributed by atoms with Gasteiger partial charge in [0.1, 0.15) is 5.75 Å². The SMILES string of the molecule is COc1ccc2nc(N(Cc3ccccc3)C(=O)CCOCC3CCCO3)sc2c1. The third kappa shape index (κ3) is 5.16. The van der Waals surface area contributed by atoms with Gasteiger partial charge in [0.25, 0.3) is 0 Å². The minimum atomic E-state index is -0.00258. The number of fused-ring (bicyclic) bond motifs is 1. The molecule has 1 fully saturated rings. The lowest BCUT2D eigenvalue weighted by molar-refractivity contribution is -0.120. The number of benzene rings is 2. The summed E-state index contributed by atoms with van der Waals surface area (Å²) in [6, 6.07) is 15.7. The summed E-state index contributed by atoms with van der Waals surface area (Å²) in [6.45, 7) is 2.21. The van der Waals surface area contributed by atoms with E-state index in [1.54, 1.807) is 12.0 Å². The quantitative estimate of drug-likeness (QED) is 0.474. The fourth-order valence-corrected chi connectivity index (χ4v) is 4.46. The highest BCUT2D eigenvalue weighted by Crippen LogP contribution is 2.32. The Bertz CT molecular complexity index is 970. The molecule has 3 aromatic rings. The standard InChI is InChI=1S/C23H26N2O4S/c1-27-18-9-10-20-21(14-18)30-23(24-20)25(15-17-6-3-2-4-7-17)22(26)11-13-28-16-19-8-5-12-29-19/h2-4,6-7,9-10,14,19H,5,8,11-13,15-16H2,1H3. The zero-order chi connectivity index (χ0) is 20.8. The van der Waals surface area contributed by atoms with Gasteiger partial charge in [0.05, 0.1) is 49.6 Å². The maximum absolute atomic E-state index is 13.1. The summed E-state index contributed by atoms with van der Waals surface area (Å²) < 4.78 is 17.6. The highest BCUT2D eigenvalue weighted by atomic mass is 32.1. The first-order valence-electron chi connectivity index (χ1n) is 10.2. The van der Waals surface area contributed by atoms with Gasteiger partial charge in [-0.25, -0.2) is 4.98 Å². The smallest absolute Gasteiger partial charge is 0.231 e. The molecule has 1 aliphatic rings. The molecule has 1 saturated heterocycles. The summed E-state index contributed by atoms with van der Waals surface area (Å²) in [5, 5.41) is 0.686. The number of nitrogens with zero attached hydrogens (tertiary/aromatic N) is 2. The first-order valence-corrected chi connectivity index (χ1v) is 11.0. The molecule has 2 heterocycles. The van der Waals surface area contributed by atoms with Crippen molar-refractivity contribution in [3.63, 3.8) is 0 Å². The van der Waals surface area contributed by atoms with Gasteiger partial charge in [0.15, 0.2) is 5.13 Å². The van der Waals surface area contributed by atoms with Crippen LogP contribution in [0.1, 0.15) is 24.8 Å². The topological polar surface area (TPSA) is 60.9 Å². The molecule has 7 heteroatoms. The molecule has 0 N–H and O–H groups in total. The highest BCUT2D eigenvalue weighted by molar-refractivity contribution is 7.22. The molecule has 1 aliphatic heterocycles. The van der Waals surface area contributed by atoms with Crippen LogP contribution < -0.4 is 9.64 Å². The van der Waals surface area contributed by atoms with E-state index in [0.29, 0.717) is 31.3 Å². The number of anilines is 1. The Morgan fingerprint density at radius 2 is 2.13 bits per heavy atom. The number of rotatable bonds is 9. The van der Waals surface area contributed by atoms with E-state index in [4.69, 9.17) is 19.2 Å². The van der Waals surface area contributed by atoms with Crippen molar-refractivity contribution >= 4 is 32.6 Å². The van der Waals surface area contributed by atoms with Gasteiger partial charge in [-0.05, 0) is 36.6 Å². The lowest BCUT2D eigenvalue weighted by Crippen LogP contribution is -2.31. The first kappa shape index (κ1) is 20.8. The third-order valence-electron chi connectivity index (χ3n) is 5.09. The molecule has 158 valence electrons. The molecule has 0 spiro atoms. The van der Waals surface area contributed by atoms with E-state index in [0.717, 1.165) is 41.0 Å². The van der Waals surface area contributed by atoms with Crippen LogP contribution in [0.3, 0.4) is 0 Å². The van der Waals surface area contributed by atoms with Crippen LogP contribution >= 0.6 is 11.3 Å². The maximum Gasteiger partial charge on any atom is 0.231 e. The van der Waals surface area contributed by atoms with Gasteiger partial charge in [-0.15, -0.1) is 0 Å². The predicted octanol–water partition coefficient (Wildman–Crippen LogP) is 4.42. The minimum absolute atomic E-state index is 0.00258. The molecular formula is C23H26N2O4S. The number of hydrogen-bond donors (Lipinski definition) is 0. The van der Waals surface area contributed by atoms with Gasteiger partial charge in [-0.3, -0.25) is 9.69 Å². The van der Waals surface area contributed by atoms with E-state index in [1.165, 1.54) is 11.3 Å². The Hall–Kier alpha value is -2.48. The molecule has 1 atom stereocenters. The average molecular weight is 427 g/mol. The fraction of sp³-hybridized carbons (Fsp3) is 0.391. The van der Waals surface area contributed by atoms with Gasteiger partial charge in [-0.2, -0.15) is 0 Å². The van der Waals surface area contributed by atoms with Crippen LogP contribution in [0, 0.1) is 0 Å². The molecule has 1 unspecified atom stereocenters. The zero-order valence-electron chi connectivity index (χ0n) is 17.1. The van der Waals surface area contributed by atoms with Crippen LogP contribution in [0.2, 0.25) is 0 Å². The van der Waals surface area contributed by atoms with Gasteiger partial charge in [0, 0.05) is 6.61 Å². The molecule has 0 bridgehead atoms. The van der Waals surface area contributed by atoms with Crippen molar-refractivity contribution in [1.82, 2.24) is 4.98 Å². The largest absolute Gasteiger partial charge is 0.497 e. The van der Waals surface area contributed by atoms with E-state index >= 15 is 0 Å². The van der Waals surface area contributed by atoms with Crippen LogP contribution in [0.5, 0.6) is 5.75 Å². The van der Waals surface area contributed by atoms with Crippen molar-refractivity contribution in [3.05, 3.63) is 54.1 Å². The van der Waals surface area contributed by atoms with Crippen molar-refractivity contribution in [2.45, 2.75) is 31.9 Å². The van der Waals surface area contributed by atoms with Crippen LogP contribution in [0.4, 0.5) is 5.13 Å². The third-order valence-corrected chi connectivity index (χ3v) is 6.13. The molecule has 4 rings (SSSR count). The average Bonchev–Trinajstić information content (AvgIpc) is 3.44. The number of hydrogen-bond acceptors (Lipinski definition) is 6. The Kier molecular flexibility index (Phi) is 6.94. The second kappa shape index (κ2) is 10.0. The normalized spacial score (nSPS) is 16.1. The summed E-state index contributed by atoms with van der Waals surface area (Å²) in [7, 11) is 1.64. The Morgan fingerprint density at radius 3 is 2.90 bits per heavy atom. The molecule has 0 aliphatic carbocycles. The van der Waals surface area contributed by atoms with Crippen molar-refractivity contribution < 1.29 is 19.0 Å². The number of thiazole rings is 1. The van der Waals surface area contributed by atoms with E-state index in [1.807, 2.05) is 48.5 Å². The van der Waals surface area contributed by atoms with Crippen LogP contribution in [-0.4, -0.2) is 43.9 Å². The maximum atomic E-state index is 13.1. The lowest BCUT2D eigenvalue weighted by Gasteiger charge is -2.20. The summed E-state index contributed by atoms with van der Waals surface area (Å²) in [6.07, 6.45) is 2.59. The molecule has 2 aromatic carbocycles. The van der Waals surface area contributed by atoms with E-state index < -0.39 is 0 Å². The van der Waals surface area contributed by atoms with Gasteiger partial charge >= 0.3 is 0 Å². The Balaban J connectivity index is 1.48. The predicted molar refractivity (Wildman–Crippen MR) is 118 cm³/mol. The molecule has 6 nitrogen and oxygen atoms in total. The summed E-state index contributed by atoms with van der Waals surface area (Å²) in [4.78, 5) is 19.6. The number of amides is 1. The van der Waals surface area contributed by atoms with Crippen molar-refractivity contribution in [1.29, 1.82) is 0 Å². The molecule has 0 saturated carbocycles. The van der Waals surface area contributed by atoms with E-state index in [2.05, 4.69) is 0 Å². The monoisotopic (exact) mass is 426 g/mol. The number of methoxy groups -OCH3 is 1. The van der Waals surface area contributed by atoms with E-state index in [9.17, 15) is 4.79 Å². The van der Waals surface area contributed by atoms with Crippen molar-refractivity contribution in [3.8, 4) is 5.75 Å². The van der Waals surface area contributed by atoms with Crippen LogP contribution in [0.15, 0.2) is 48.5 Å². The second-order valence-corrected chi connectivity index (χ2v) is 8.26. The summed E-state index contributed by atoms with van der Waals surface area (Å²) in [5.41, 5.74) is 1.92. The fourth-order valence-electron chi connectivity index (χ4n) is 3.45. The van der Waals surface area contributed by atoms with Crippen LogP contribution in [-0.2, 0) is 20.8 Å². The summed E-state index contributed by atoms with van der Waals surface area (Å²) >= 11 is 1.50. The second-order valence-electron chi connectivity index (χ2n) is 7.26. The minimum Gasteiger partial charge on any atom is -0.497 e. The number of ether oxygens (including phenoxy) is 3. The Labute approximate surface area is 180 Å². The zero-order valence-corrected chi connectivity index (χ0v) is 17.9. The molecule has 1 amide bonds. The molecule has 0 radical (unpaired) electrons. The van der Waals surface area contributed by atoms with Crippen molar-refractivity contribution in [2.75, 3.05) is 31.8 Å². The number of carbonyl (C=O) groups excluding carboxylic acids is 1. The van der Waals surface area contributed by atoms with Crippen molar-refractivity contribution in [2.24, 2.45) is 0 Å². The first-order chi connectivity index (χ1) is 14.7. The highest BCUT2D eigenvalue weighted by Gasteiger charge is 2.21. The van der Waals surface area contributed by atoms with E-state index in [-0.39, 0.29) is 12.0 Å². The molecular weight excluding hydrogens is 400 g/mol. The number of aromatic nitrogens is 1. The van der Waals surface area contributed by atoms with Gasteiger partial charge in [-0.1, -0.05) is 41.7 Å². The van der Waals surface area contributed by atoms with Gasteiger partial charge in [0.2, 0.25) is 5.91 Å². The van der Waals surface area contributed by atoms with Crippen LogP contribution in [0.25, 0.3) is 10.2 Å². The lowest BCUT2D eigenvalue weighted by atomic mass is 10.2. The number of carbonyl (C=O) groups is 1. The van der Waals surface area contributed by atoms with Gasteiger partial charge < -0.3 is 14.2 Å². The Morgan fingerprint density at radius 1 is 1.27 bits per heavy atom. The molecule has 30 heavy (non-hydrogen) atoms. The summed E-state index contributed by atoms with van der Waals surface area (Å²) in [5.74, 6) is 0.776.